The van der Waals surface area contributed by atoms with Crippen molar-refractivity contribution in [2.75, 3.05) is 7.05 Å². The minimum absolute atomic E-state index is 0.0332. The number of aryl methyl sites for hydroxylation is 1. The maximum Gasteiger partial charge on any atom is 0.387 e. The molecule has 0 saturated heterocycles. The fourth-order valence-electron chi connectivity index (χ4n) is 2.23. The Kier molecular flexibility index (Phi) is 6.73. The number of nitrogens with zero attached hydrogens (tertiary/aromatic N) is 1. The van der Waals surface area contributed by atoms with Crippen molar-refractivity contribution in [3.63, 3.8) is 0 Å². The first-order valence-electron chi connectivity index (χ1n) is 7.46. The van der Waals surface area contributed by atoms with E-state index in [0.29, 0.717) is 19.4 Å². The molecule has 0 bridgehead atoms. The van der Waals surface area contributed by atoms with E-state index in [1.807, 2.05) is 24.3 Å². The van der Waals surface area contributed by atoms with Crippen LogP contribution in [-0.4, -0.2) is 24.5 Å². The van der Waals surface area contributed by atoms with Crippen molar-refractivity contribution < 1.29 is 18.3 Å². The van der Waals surface area contributed by atoms with Crippen LogP contribution in [0.1, 0.15) is 17.5 Å². The number of hydrogen-bond donors (Lipinski definition) is 0. The molecule has 128 valence electrons. The maximum absolute atomic E-state index is 12.2. The highest BCUT2D eigenvalue weighted by atomic mass is 79.9. The predicted molar refractivity (Wildman–Crippen MR) is 92.0 cm³/mol. The first-order valence-corrected chi connectivity index (χ1v) is 8.25. The second kappa shape index (κ2) is 8.78. The van der Waals surface area contributed by atoms with Crippen LogP contribution < -0.4 is 4.74 Å². The molecule has 0 N–H and O–H groups in total. The lowest BCUT2D eigenvalue weighted by Crippen LogP contribution is -2.26. The highest BCUT2D eigenvalue weighted by Crippen LogP contribution is 2.16. The summed E-state index contributed by atoms with van der Waals surface area (Å²) in [6.07, 6.45) is 0.917. The van der Waals surface area contributed by atoms with Crippen molar-refractivity contribution in [2.24, 2.45) is 0 Å². The summed E-state index contributed by atoms with van der Waals surface area (Å²) in [6, 6.07) is 14.2. The van der Waals surface area contributed by atoms with Crippen molar-refractivity contribution in [1.82, 2.24) is 4.90 Å². The summed E-state index contributed by atoms with van der Waals surface area (Å²) in [5, 5.41) is 0. The van der Waals surface area contributed by atoms with Gasteiger partial charge in [0.2, 0.25) is 5.91 Å². The number of alkyl halides is 2. The molecule has 6 heteroatoms. The van der Waals surface area contributed by atoms with Crippen LogP contribution in [0.4, 0.5) is 8.78 Å². The topological polar surface area (TPSA) is 29.5 Å². The first-order chi connectivity index (χ1) is 11.4. The lowest BCUT2D eigenvalue weighted by atomic mass is 10.1. The molecule has 0 heterocycles. The van der Waals surface area contributed by atoms with E-state index < -0.39 is 6.61 Å². The average molecular weight is 398 g/mol. The number of carbonyl (C=O) groups is 1. The van der Waals surface area contributed by atoms with E-state index in [2.05, 4.69) is 20.7 Å². The molecule has 0 spiro atoms. The third kappa shape index (κ3) is 5.92. The van der Waals surface area contributed by atoms with Gasteiger partial charge < -0.3 is 9.64 Å². The van der Waals surface area contributed by atoms with E-state index in [-0.39, 0.29) is 11.7 Å². The van der Waals surface area contributed by atoms with E-state index in [9.17, 15) is 13.6 Å². The van der Waals surface area contributed by atoms with Gasteiger partial charge in [0.25, 0.3) is 0 Å². The van der Waals surface area contributed by atoms with Gasteiger partial charge in [0.1, 0.15) is 5.75 Å². The van der Waals surface area contributed by atoms with Gasteiger partial charge in [0.15, 0.2) is 0 Å². The second-order valence-corrected chi connectivity index (χ2v) is 6.31. The van der Waals surface area contributed by atoms with Crippen molar-refractivity contribution in [3.05, 3.63) is 64.1 Å². The van der Waals surface area contributed by atoms with Crippen molar-refractivity contribution in [3.8, 4) is 5.75 Å². The third-order valence-electron chi connectivity index (χ3n) is 3.53. The van der Waals surface area contributed by atoms with Crippen molar-refractivity contribution >= 4 is 21.8 Å². The summed E-state index contributed by atoms with van der Waals surface area (Å²) >= 11 is 3.38. The Labute approximate surface area is 148 Å². The molecule has 0 saturated carbocycles. The summed E-state index contributed by atoms with van der Waals surface area (Å²) in [5.74, 6) is 0.151. The monoisotopic (exact) mass is 397 g/mol. The average Bonchev–Trinajstić information content (AvgIpc) is 2.55. The molecular weight excluding hydrogens is 380 g/mol. The third-order valence-corrected chi connectivity index (χ3v) is 4.06. The van der Waals surface area contributed by atoms with Gasteiger partial charge in [-0.25, -0.2) is 0 Å². The molecule has 0 unspecified atom stereocenters. The quantitative estimate of drug-likeness (QED) is 0.680. The molecule has 1 amide bonds. The zero-order valence-corrected chi connectivity index (χ0v) is 14.8. The molecule has 2 aromatic carbocycles. The molecule has 2 rings (SSSR count). The molecule has 0 atom stereocenters. The highest BCUT2D eigenvalue weighted by Gasteiger charge is 2.10. The van der Waals surface area contributed by atoms with Gasteiger partial charge in [-0.05, 0) is 41.8 Å². The molecule has 0 aliphatic carbocycles. The minimum Gasteiger partial charge on any atom is -0.435 e. The number of rotatable bonds is 7. The lowest BCUT2D eigenvalue weighted by molar-refractivity contribution is -0.130. The number of carbonyl (C=O) groups excluding carboxylic acids is 1. The number of amides is 1. The molecule has 0 radical (unpaired) electrons. The van der Waals surface area contributed by atoms with E-state index in [4.69, 9.17) is 0 Å². The molecule has 0 aromatic heterocycles. The van der Waals surface area contributed by atoms with Gasteiger partial charge in [0, 0.05) is 24.5 Å². The van der Waals surface area contributed by atoms with E-state index in [0.717, 1.165) is 15.6 Å². The molecular formula is C18H18BrF2NO2. The standard InChI is InChI=1S/C18H18BrF2NO2/c1-22(12-14-2-7-15(19)8-3-14)17(23)11-6-13-4-9-16(10-5-13)24-18(20)21/h2-5,7-10,18H,6,11-12H2,1H3. The Hall–Kier alpha value is -1.95. The fourth-order valence-corrected chi connectivity index (χ4v) is 2.50. The Morgan fingerprint density at radius 2 is 1.67 bits per heavy atom. The van der Waals surface area contributed by atoms with Crippen LogP contribution in [0.2, 0.25) is 0 Å². The van der Waals surface area contributed by atoms with Crippen LogP contribution in [0.15, 0.2) is 53.0 Å². The summed E-state index contributed by atoms with van der Waals surface area (Å²) < 4.78 is 29.5. The number of hydrogen-bond acceptors (Lipinski definition) is 2. The highest BCUT2D eigenvalue weighted by molar-refractivity contribution is 9.10. The molecule has 3 nitrogen and oxygen atoms in total. The molecule has 24 heavy (non-hydrogen) atoms. The number of ether oxygens (including phenoxy) is 1. The largest absolute Gasteiger partial charge is 0.435 e. The molecule has 0 aliphatic heterocycles. The lowest BCUT2D eigenvalue weighted by Gasteiger charge is -2.17. The fraction of sp³-hybridized carbons (Fsp3) is 0.278. The van der Waals surface area contributed by atoms with Gasteiger partial charge in [0.05, 0.1) is 0 Å². The van der Waals surface area contributed by atoms with Crippen molar-refractivity contribution in [1.29, 1.82) is 0 Å². The second-order valence-electron chi connectivity index (χ2n) is 5.40. The maximum atomic E-state index is 12.2. The smallest absolute Gasteiger partial charge is 0.387 e. The van der Waals surface area contributed by atoms with Gasteiger partial charge >= 0.3 is 6.61 Å². The van der Waals surface area contributed by atoms with Crippen molar-refractivity contribution in [2.45, 2.75) is 26.0 Å². The van der Waals surface area contributed by atoms with Crippen LogP contribution in [0.25, 0.3) is 0 Å². The van der Waals surface area contributed by atoms with Crippen LogP contribution in [-0.2, 0) is 17.8 Å². The Morgan fingerprint density at radius 3 is 2.25 bits per heavy atom. The SMILES string of the molecule is CN(Cc1ccc(Br)cc1)C(=O)CCc1ccc(OC(F)F)cc1. The van der Waals surface area contributed by atoms with Crippen LogP contribution in [0.5, 0.6) is 5.75 Å². The summed E-state index contributed by atoms with van der Waals surface area (Å²) in [4.78, 5) is 13.9. The summed E-state index contributed by atoms with van der Waals surface area (Å²) in [7, 11) is 1.77. The number of halogens is 3. The van der Waals surface area contributed by atoms with Gasteiger partial charge in [-0.1, -0.05) is 40.2 Å². The molecule has 2 aromatic rings. The van der Waals surface area contributed by atoms with Crippen LogP contribution >= 0.6 is 15.9 Å². The summed E-state index contributed by atoms with van der Waals surface area (Å²) in [6.45, 7) is -2.28. The Bertz CT molecular complexity index is 660. The minimum atomic E-state index is -2.83. The summed E-state index contributed by atoms with van der Waals surface area (Å²) in [5.41, 5.74) is 1.96. The normalized spacial score (nSPS) is 10.7. The van der Waals surface area contributed by atoms with Gasteiger partial charge in [-0.15, -0.1) is 0 Å². The van der Waals surface area contributed by atoms with E-state index >= 15 is 0 Å². The van der Waals surface area contributed by atoms with E-state index in [1.54, 1.807) is 24.1 Å². The zero-order chi connectivity index (χ0) is 17.5. The van der Waals surface area contributed by atoms with Crippen LogP contribution in [0.3, 0.4) is 0 Å². The molecule has 0 fully saturated rings. The van der Waals surface area contributed by atoms with Crippen LogP contribution in [0, 0.1) is 0 Å². The van der Waals surface area contributed by atoms with Gasteiger partial charge in [-0.3, -0.25) is 4.79 Å². The zero-order valence-electron chi connectivity index (χ0n) is 13.2. The Balaban J connectivity index is 1.82. The first kappa shape index (κ1) is 18.4. The van der Waals surface area contributed by atoms with E-state index in [1.165, 1.54) is 12.1 Å². The van der Waals surface area contributed by atoms with Gasteiger partial charge in [-0.2, -0.15) is 8.78 Å². The predicted octanol–water partition coefficient (Wildman–Crippen LogP) is 4.64. The number of benzene rings is 2. The molecule has 0 aliphatic rings. The Morgan fingerprint density at radius 1 is 1.08 bits per heavy atom.